The van der Waals surface area contributed by atoms with Crippen LogP contribution in [0.1, 0.15) is 45.7 Å². The summed E-state index contributed by atoms with van der Waals surface area (Å²) in [5.41, 5.74) is 2.20. The van der Waals surface area contributed by atoms with Crippen molar-refractivity contribution in [2.75, 3.05) is 21.3 Å². The standard InChI is InChI=1S/C42H32Cl6N8O6/c1-19-20(2)30(50-42(62)38(22(4)58)56-54-34-10-6-8-26(36(34)48)40(60)52-32-14-12-24(44)18-28(32)46)16-15-29(19)49-41(61)37(21(3)57)55-53-33-9-5-7-25(35(33)47)39(59)51-31-13-11-23(43)17-27(31)45/h5-18,37-38H,1-4H3,(H,49,61)(H,50,62)(H,51,59)(H,52,60). The molecule has 0 heterocycles. The molecule has 0 aliphatic carbocycles. The molecule has 318 valence electrons. The lowest BCUT2D eigenvalue weighted by Crippen LogP contribution is -2.33. The Hall–Kier alpha value is -5.74. The summed E-state index contributed by atoms with van der Waals surface area (Å²) in [6.45, 7) is 5.63. The summed E-state index contributed by atoms with van der Waals surface area (Å²) in [6.07, 6.45) is 0. The van der Waals surface area contributed by atoms with Crippen LogP contribution in [-0.4, -0.2) is 47.3 Å². The number of amides is 4. The monoisotopic (exact) mass is 954 g/mol. The van der Waals surface area contributed by atoms with Crippen molar-refractivity contribution >= 4 is 139 Å². The molecule has 0 radical (unpaired) electrons. The number of carbonyl (C=O) groups excluding carboxylic acids is 6. The van der Waals surface area contributed by atoms with Crippen molar-refractivity contribution in [3.05, 3.63) is 137 Å². The van der Waals surface area contributed by atoms with Crippen molar-refractivity contribution in [2.45, 2.75) is 39.8 Å². The number of anilines is 4. The van der Waals surface area contributed by atoms with Crippen LogP contribution in [-0.2, 0) is 19.2 Å². The van der Waals surface area contributed by atoms with Gasteiger partial charge in [-0.15, -0.1) is 0 Å². The van der Waals surface area contributed by atoms with Crippen LogP contribution in [0.15, 0.2) is 105 Å². The lowest BCUT2D eigenvalue weighted by Gasteiger charge is -2.17. The average Bonchev–Trinajstić information content (AvgIpc) is 3.20. The third kappa shape index (κ3) is 11.6. The summed E-state index contributed by atoms with van der Waals surface area (Å²) in [4.78, 5) is 78.0. The van der Waals surface area contributed by atoms with Crippen LogP contribution in [0.25, 0.3) is 0 Å². The van der Waals surface area contributed by atoms with E-state index in [1.807, 2.05) is 0 Å². The van der Waals surface area contributed by atoms with Crippen LogP contribution in [0.5, 0.6) is 0 Å². The van der Waals surface area contributed by atoms with E-state index in [2.05, 4.69) is 41.7 Å². The highest BCUT2D eigenvalue weighted by Crippen LogP contribution is 2.34. The predicted molar refractivity (Wildman–Crippen MR) is 243 cm³/mol. The van der Waals surface area contributed by atoms with Gasteiger partial charge in [0.25, 0.3) is 23.6 Å². The molecular weight excluding hydrogens is 925 g/mol. The van der Waals surface area contributed by atoms with Crippen LogP contribution >= 0.6 is 69.6 Å². The second-order valence-corrected chi connectivity index (χ2v) is 15.7. The number of halogens is 6. The van der Waals surface area contributed by atoms with Crippen molar-refractivity contribution in [1.29, 1.82) is 0 Å². The zero-order valence-corrected chi connectivity index (χ0v) is 37.3. The smallest absolute Gasteiger partial charge is 0.258 e. The fourth-order valence-corrected chi connectivity index (χ4v) is 6.89. The molecule has 0 fully saturated rings. The minimum absolute atomic E-state index is 0.0103. The normalized spacial score (nSPS) is 12.2. The van der Waals surface area contributed by atoms with Gasteiger partial charge in [0.05, 0.1) is 42.6 Å². The second-order valence-electron chi connectivity index (χ2n) is 13.3. The highest BCUT2D eigenvalue weighted by atomic mass is 35.5. The molecule has 0 saturated carbocycles. The number of nitrogens with zero attached hydrogens (tertiary/aromatic N) is 4. The largest absolute Gasteiger partial charge is 0.324 e. The van der Waals surface area contributed by atoms with Gasteiger partial charge in [-0.1, -0.05) is 81.7 Å². The lowest BCUT2D eigenvalue weighted by atomic mass is 10.0. The molecule has 0 spiro atoms. The van der Waals surface area contributed by atoms with Gasteiger partial charge in [0.1, 0.15) is 11.4 Å². The topological polar surface area (TPSA) is 200 Å². The van der Waals surface area contributed by atoms with Gasteiger partial charge in [-0.25, -0.2) is 0 Å². The maximum atomic E-state index is 13.4. The Kier molecular flexibility index (Phi) is 15.9. The molecule has 2 unspecified atom stereocenters. The molecule has 14 nitrogen and oxygen atoms in total. The average molecular weight is 957 g/mol. The number of ketones is 2. The summed E-state index contributed by atoms with van der Waals surface area (Å²) in [7, 11) is 0. The van der Waals surface area contributed by atoms with E-state index in [-0.39, 0.29) is 65.3 Å². The summed E-state index contributed by atoms with van der Waals surface area (Å²) in [5, 5.41) is 27.5. The van der Waals surface area contributed by atoms with Crippen molar-refractivity contribution in [3.8, 4) is 0 Å². The molecule has 5 rings (SSSR count). The van der Waals surface area contributed by atoms with E-state index >= 15 is 0 Å². The lowest BCUT2D eigenvalue weighted by molar-refractivity contribution is -0.127. The zero-order chi connectivity index (χ0) is 45.4. The number of azo groups is 2. The number of rotatable bonds is 14. The first-order chi connectivity index (χ1) is 29.4. The van der Waals surface area contributed by atoms with Crippen LogP contribution in [0.3, 0.4) is 0 Å². The van der Waals surface area contributed by atoms with Gasteiger partial charge >= 0.3 is 0 Å². The van der Waals surface area contributed by atoms with Crippen LogP contribution in [0.4, 0.5) is 34.1 Å². The molecule has 20 heteroatoms. The van der Waals surface area contributed by atoms with E-state index in [0.29, 0.717) is 21.2 Å². The van der Waals surface area contributed by atoms with E-state index in [4.69, 9.17) is 69.6 Å². The molecule has 0 aliphatic heterocycles. The molecule has 2 atom stereocenters. The quantitative estimate of drug-likeness (QED) is 0.0630. The number of nitrogens with one attached hydrogen (secondary N) is 4. The second kappa shape index (κ2) is 20.9. The maximum absolute atomic E-state index is 13.4. The summed E-state index contributed by atoms with van der Waals surface area (Å²) < 4.78 is 0. The SMILES string of the molecule is CC(=O)C(N=Nc1cccc(C(=O)Nc2ccc(Cl)cc2Cl)c1Cl)C(=O)Nc1ccc(NC(=O)C(N=Nc2cccc(C(=O)Nc3ccc(Cl)cc3Cl)c2Cl)C(C)=O)c(C)c1C. The van der Waals surface area contributed by atoms with Crippen molar-refractivity contribution in [2.24, 2.45) is 20.5 Å². The van der Waals surface area contributed by atoms with E-state index in [0.717, 1.165) is 13.8 Å². The van der Waals surface area contributed by atoms with Crippen LogP contribution < -0.4 is 21.3 Å². The highest BCUT2D eigenvalue weighted by molar-refractivity contribution is 6.39. The highest BCUT2D eigenvalue weighted by Gasteiger charge is 2.27. The van der Waals surface area contributed by atoms with Gasteiger partial charge in [-0.3, -0.25) is 28.8 Å². The Labute approximate surface area is 384 Å². The summed E-state index contributed by atoms with van der Waals surface area (Å²) in [6, 6.07) is 17.6. The van der Waals surface area contributed by atoms with Gasteiger partial charge in [-0.2, -0.15) is 20.5 Å². The van der Waals surface area contributed by atoms with Gasteiger partial charge in [0, 0.05) is 21.4 Å². The minimum Gasteiger partial charge on any atom is -0.324 e. The summed E-state index contributed by atoms with van der Waals surface area (Å²) >= 11 is 37.2. The van der Waals surface area contributed by atoms with Crippen molar-refractivity contribution in [1.82, 2.24) is 0 Å². The Balaban J connectivity index is 1.27. The fourth-order valence-electron chi connectivity index (χ4n) is 5.48. The fraction of sp³-hybridized carbons (Fsp3) is 0.143. The number of Topliss-reactive ketones (excluding diaryl/α,β-unsaturated/α-hetero) is 2. The van der Waals surface area contributed by atoms with Gasteiger partial charge < -0.3 is 21.3 Å². The van der Waals surface area contributed by atoms with Gasteiger partial charge in [0.15, 0.2) is 11.6 Å². The molecule has 0 aliphatic rings. The van der Waals surface area contributed by atoms with Crippen molar-refractivity contribution < 1.29 is 28.8 Å². The molecule has 4 N–H and O–H groups in total. The molecule has 0 aromatic heterocycles. The number of benzene rings is 5. The third-order valence-electron chi connectivity index (χ3n) is 8.94. The van der Waals surface area contributed by atoms with Crippen LogP contribution in [0, 0.1) is 13.8 Å². The Morgan fingerprint density at radius 1 is 0.484 bits per heavy atom. The van der Waals surface area contributed by atoms with E-state index in [1.165, 1.54) is 72.8 Å². The number of hydrogen-bond acceptors (Lipinski definition) is 10. The molecule has 5 aromatic rings. The Morgan fingerprint density at radius 3 is 1.18 bits per heavy atom. The van der Waals surface area contributed by atoms with E-state index in [9.17, 15) is 28.8 Å². The molecule has 5 aromatic carbocycles. The van der Waals surface area contributed by atoms with E-state index < -0.39 is 47.3 Å². The number of hydrogen-bond donors (Lipinski definition) is 4. The first-order valence-corrected chi connectivity index (χ1v) is 20.3. The molecule has 0 saturated heterocycles. The maximum Gasteiger partial charge on any atom is 0.258 e. The third-order valence-corrected chi connectivity index (χ3v) is 10.8. The first-order valence-electron chi connectivity index (χ1n) is 18.0. The Bertz CT molecular complexity index is 2530. The zero-order valence-electron chi connectivity index (χ0n) is 32.7. The molecular formula is C42H32Cl6N8O6. The Morgan fingerprint density at radius 2 is 0.839 bits per heavy atom. The van der Waals surface area contributed by atoms with Gasteiger partial charge in [-0.05, 0) is 112 Å². The molecule has 0 bridgehead atoms. The van der Waals surface area contributed by atoms with Crippen molar-refractivity contribution in [3.63, 3.8) is 0 Å². The first kappa shape index (κ1) is 47.3. The molecule has 62 heavy (non-hydrogen) atoms. The van der Waals surface area contributed by atoms with Crippen LogP contribution in [0.2, 0.25) is 30.1 Å². The number of carbonyl (C=O) groups is 6. The molecule has 4 amide bonds. The van der Waals surface area contributed by atoms with E-state index in [1.54, 1.807) is 26.0 Å². The minimum atomic E-state index is -1.61. The summed E-state index contributed by atoms with van der Waals surface area (Å²) in [5.74, 6) is -4.16. The predicted octanol–water partition coefficient (Wildman–Crippen LogP) is 12.1. The van der Waals surface area contributed by atoms with Gasteiger partial charge in [0.2, 0.25) is 12.1 Å².